The maximum atomic E-state index is 12.5. The van der Waals surface area contributed by atoms with Gasteiger partial charge in [-0.25, -0.2) is 0 Å². The van der Waals surface area contributed by atoms with E-state index in [2.05, 4.69) is 36.1 Å². The monoisotopic (exact) mass is 345 g/mol. The highest BCUT2D eigenvalue weighted by atomic mass is 16.2. The van der Waals surface area contributed by atoms with Crippen molar-refractivity contribution in [1.82, 2.24) is 14.7 Å². The molecular weight excluding hydrogens is 314 g/mol. The van der Waals surface area contributed by atoms with Crippen LogP contribution in [-0.4, -0.2) is 73.3 Å². The molecule has 0 N–H and O–H groups in total. The number of piperazine rings is 1. The van der Waals surface area contributed by atoms with Gasteiger partial charge in [-0.1, -0.05) is 37.3 Å². The van der Waals surface area contributed by atoms with Crippen molar-refractivity contribution >= 4 is 11.8 Å². The molecule has 0 saturated carbocycles. The Labute approximate surface area is 151 Å². The number of hydrogen-bond donors (Lipinski definition) is 0. The largest absolute Gasteiger partial charge is 0.348 e. The van der Waals surface area contributed by atoms with Gasteiger partial charge in [-0.2, -0.15) is 0 Å². The van der Waals surface area contributed by atoms with Crippen molar-refractivity contribution in [3.63, 3.8) is 0 Å². The summed E-state index contributed by atoms with van der Waals surface area (Å²) >= 11 is 0. The number of amides is 2. The molecule has 1 aromatic rings. The van der Waals surface area contributed by atoms with Crippen LogP contribution in [0.15, 0.2) is 30.3 Å². The van der Waals surface area contributed by atoms with E-state index >= 15 is 0 Å². The molecule has 138 valence electrons. The number of benzene rings is 1. The number of hydrogen-bond acceptors (Lipinski definition) is 3. The molecular formula is C20H31N3O2. The van der Waals surface area contributed by atoms with Gasteiger partial charge >= 0.3 is 0 Å². The Balaban J connectivity index is 1.68. The summed E-state index contributed by atoms with van der Waals surface area (Å²) in [6.07, 6.45) is 2.67. The lowest BCUT2D eigenvalue weighted by molar-refractivity contribution is -0.135. The molecule has 0 bridgehead atoms. The van der Waals surface area contributed by atoms with Gasteiger partial charge in [0, 0.05) is 46.7 Å². The first-order valence-corrected chi connectivity index (χ1v) is 9.20. The molecule has 2 rings (SSSR count). The topological polar surface area (TPSA) is 43.9 Å². The summed E-state index contributed by atoms with van der Waals surface area (Å²) in [7, 11) is 3.55. The molecule has 1 aromatic carbocycles. The number of carbonyl (C=O) groups excluding carboxylic acids is 2. The summed E-state index contributed by atoms with van der Waals surface area (Å²) in [5.41, 5.74) is 1.33. The molecule has 25 heavy (non-hydrogen) atoms. The molecule has 0 spiro atoms. The average molecular weight is 345 g/mol. The number of nitrogens with zero attached hydrogens (tertiary/aromatic N) is 3. The minimum atomic E-state index is 0.120. The smallest absolute Gasteiger partial charge is 0.236 e. The Morgan fingerprint density at radius 1 is 1.08 bits per heavy atom. The van der Waals surface area contributed by atoms with Crippen LogP contribution in [0.1, 0.15) is 25.3 Å². The number of carbonyl (C=O) groups is 2. The van der Waals surface area contributed by atoms with E-state index in [1.165, 1.54) is 5.56 Å². The molecule has 1 atom stereocenters. The standard InChI is InChI=1S/C20H31N3O2/c1-17(9-10-18-7-5-4-6-8-18)15-19(24)23-13-11-22(12-14-23)16-20(25)21(2)3/h4-8,17H,9-16H2,1-3H3/t17-/m0/s1. The van der Waals surface area contributed by atoms with Gasteiger partial charge < -0.3 is 9.80 Å². The highest BCUT2D eigenvalue weighted by Gasteiger charge is 2.23. The van der Waals surface area contributed by atoms with E-state index in [4.69, 9.17) is 0 Å². The average Bonchev–Trinajstić information content (AvgIpc) is 2.61. The molecule has 5 nitrogen and oxygen atoms in total. The van der Waals surface area contributed by atoms with E-state index in [-0.39, 0.29) is 11.8 Å². The van der Waals surface area contributed by atoms with Crippen LogP contribution < -0.4 is 0 Å². The molecule has 0 aliphatic carbocycles. The highest BCUT2D eigenvalue weighted by molar-refractivity contribution is 5.78. The van der Waals surface area contributed by atoms with Crippen molar-refractivity contribution in [3.8, 4) is 0 Å². The van der Waals surface area contributed by atoms with Crippen molar-refractivity contribution < 1.29 is 9.59 Å². The molecule has 0 radical (unpaired) electrons. The lowest BCUT2D eigenvalue weighted by Gasteiger charge is -2.35. The summed E-state index contributed by atoms with van der Waals surface area (Å²) in [5, 5.41) is 0. The predicted molar refractivity (Wildman–Crippen MR) is 100 cm³/mol. The normalized spacial score (nSPS) is 16.5. The molecule has 1 aliphatic rings. The van der Waals surface area contributed by atoms with Crippen LogP contribution >= 0.6 is 0 Å². The molecule has 2 amide bonds. The second-order valence-corrected chi connectivity index (χ2v) is 7.28. The van der Waals surface area contributed by atoms with Crippen molar-refractivity contribution in [1.29, 1.82) is 0 Å². The van der Waals surface area contributed by atoms with E-state index in [0.717, 1.165) is 39.0 Å². The van der Waals surface area contributed by atoms with Gasteiger partial charge in [0.1, 0.15) is 0 Å². The molecule has 0 aromatic heterocycles. The van der Waals surface area contributed by atoms with Crippen LogP contribution in [0.25, 0.3) is 0 Å². The first-order valence-electron chi connectivity index (χ1n) is 9.20. The Kier molecular flexibility index (Phi) is 7.44. The maximum absolute atomic E-state index is 12.5. The Hall–Kier alpha value is -1.88. The third kappa shape index (κ3) is 6.50. The quantitative estimate of drug-likeness (QED) is 0.758. The van der Waals surface area contributed by atoms with E-state index in [1.807, 2.05) is 11.0 Å². The lowest BCUT2D eigenvalue weighted by Crippen LogP contribution is -2.51. The summed E-state index contributed by atoms with van der Waals surface area (Å²) in [5.74, 6) is 0.759. The fraction of sp³-hybridized carbons (Fsp3) is 0.600. The number of likely N-dealkylation sites (N-methyl/N-ethyl adjacent to an activating group) is 1. The van der Waals surface area contributed by atoms with Crippen molar-refractivity contribution in [2.24, 2.45) is 5.92 Å². The lowest BCUT2D eigenvalue weighted by atomic mass is 9.97. The van der Waals surface area contributed by atoms with Gasteiger partial charge in [0.2, 0.25) is 11.8 Å². The zero-order valence-corrected chi connectivity index (χ0v) is 15.8. The predicted octanol–water partition coefficient (Wildman–Crippen LogP) is 1.88. The zero-order valence-electron chi connectivity index (χ0n) is 15.8. The summed E-state index contributed by atoms with van der Waals surface area (Å²) in [6.45, 7) is 5.62. The van der Waals surface area contributed by atoms with Crippen LogP contribution in [0.2, 0.25) is 0 Å². The Morgan fingerprint density at radius 3 is 2.32 bits per heavy atom. The molecule has 0 unspecified atom stereocenters. The first kappa shape index (κ1) is 19.4. The fourth-order valence-electron chi connectivity index (χ4n) is 3.08. The maximum Gasteiger partial charge on any atom is 0.236 e. The van der Waals surface area contributed by atoms with E-state index in [1.54, 1.807) is 19.0 Å². The van der Waals surface area contributed by atoms with Gasteiger partial charge in [-0.05, 0) is 24.3 Å². The molecule has 1 aliphatic heterocycles. The van der Waals surface area contributed by atoms with Gasteiger partial charge in [0.15, 0.2) is 0 Å². The highest BCUT2D eigenvalue weighted by Crippen LogP contribution is 2.15. The van der Waals surface area contributed by atoms with E-state index in [0.29, 0.717) is 18.9 Å². The number of aryl methyl sites for hydroxylation is 1. The minimum absolute atomic E-state index is 0.120. The third-order valence-electron chi connectivity index (χ3n) is 4.87. The molecule has 1 fully saturated rings. The number of rotatable bonds is 7. The summed E-state index contributed by atoms with van der Waals surface area (Å²) in [4.78, 5) is 30.0. The Morgan fingerprint density at radius 2 is 1.72 bits per heavy atom. The van der Waals surface area contributed by atoms with Gasteiger partial charge in [0.25, 0.3) is 0 Å². The molecule has 1 saturated heterocycles. The first-order chi connectivity index (χ1) is 12.0. The van der Waals surface area contributed by atoms with Crippen LogP contribution in [0.4, 0.5) is 0 Å². The van der Waals surface area contributed by atoms with Crippen LogP contribution in [0.3, 0.4) is 0 Å². The third-order valence-corrected chi connectivity index (χ3v) is 4.87. The molecule has 1 heterocycles. The fourth-order valence-corrected chi connectivity index (χ4v) is 3.08. The minimum Gasteiger partial charge on any atom is -0.348 e. The van der Waals surface area contributed by atoms with Crippen LogP contribution in [0.5, 0.6) is 0 Å². The van der Waals surface area contributed by atoms with Gasteiger partial charge in [-0.3, -0.25) is 14.5 Å². The van der Waals surface area contributed by atoms with Crippen molar-refractivity contribution in [2.75, 3.05) is 46.8 Å². The van der Waals surface area contributed by atoms with Crippen molar-refractivity contribution in [3.05, 3.63) is 35.9 Å². The summed E-state index contributed by atoms with van der Waals surface area (Å²) < 4.78 is 0. The van der Waals surface area contributed by atoms with Gasteiger partial charge in [-0.15, -0.1) is 0 Å². The summed E-state index contributed by atoms with van der Waals surface area (Å²) in [6, 6.07) is 10.4. The van der Waals surface area contributed by atoms with E-state index in [9.17, 15) is 9.59 Å². The zero-order chi connectivity index (χ0) is 18.2. The molecule has 5 heteroatoms. The second-order valence-electron chi connectivity index (χ2n) is 7.28. The van der Waals surface area contributed by atoms with Gasteiger partial charge in [0.05, 0.1) is 6.54 Å². The Bertz CT molecular complexity index is 551. The van der Waals surface area contributed by atoms with Crippen LogP contribution in [0, 0.1) is 5.92 Å². The van der Waals surface area contributed by atoms with E-state index < -0.39 is 0 Å². The second kappa shape index (κ2) is 9.56. The van der Waals surface area contributed by atoms with Crippen molar-refractivity contribution in [2.45, 2.75) is 26.2 Å². The SMILES string of the molecule is C[C@@H](CCc1ccccc1)CC(=O)N1CCN(CC(=O)N(C)C)CC1. The van der Waals surface area contributed by atoms with Crippen LogP contribution in [-0.2, 0) is 16.0 Å².